The Morgan fingerprint density at radius 3 is 3.05 bits per heavy atom. The topological polar surface area (TPSA) is 66.6 Å². The van der Waals surface area contributed by atoms with Crippen molar-refractivity contribution in [1.82, 2.24) is 9.88 Å². The van der Waals surface area contributed by atoms with Gasteiger partial charge in [0.15, 0.2) is 0 Å². The van der Waals surface area contributed by atoms with Crippen molar-refractivity contribution in [3.63, 3.8) is 0 Å². The van der Waals surface area contributed by atoms with Gasteiger partial charge in [0.2, 0.25) is 5.89 Å². The molecular weight excluding hydrogens is 264 g/mol. The van der Waals surface area contributed by atoms with Gasteiger partial charge in [-0.3, -0.25) is 9.69 Å². The highest BCUT2D eigenvalue weighted by Gasteiger charge is 2.11. The van der Waals surface area contributed by atoms with Crippen LogP contribution in [-0.4, -0.2) is 34.0 Å². The Hall–Kier alpha value is -1.66. The standard InChI is InChI=1S/C13H16N2O3S/c1-2-15(6-5-12(16)17)8-10-9-18-13(14-10)11-4-3-7-19-11/h3-4,7,9H,2,5-6,8H2,1H3,(H,16,17). The fraction of sp³-hybridized carbons (Fsp3) is 0.385. The van der Waals surface area contributed by atoms with Gasteiger partial charge < -0.3 is 9.52 Å². The van der Waals surface area contributed by atoms with E-state index in [9.17, 15) is 4.79 Å². The maximum Gasteiger partial charge on any atom is 0.304 e. The van der Waals surface area contributed by atoms with E-state index in [2.05, 4.69) is 4.98 Å². The monoisotopic (exact) mass is 280 g/mol. The van der Waals surface area contributed by atoms with E-state index in [4.69, 9.17) is 9.52 Å². The lowest BCUT2D eigenvalue weighted by molar-refractivity contribution is -0.137. The lowest BCUT2D eigenvalue weighted by Crippen LogP contribution is -2.25. The van der Waals surface area contributed by atoms with Crippen LogP contribution in [0.15, 0.2) is 28.2 Å². The number of nitrogens with zero attached hydrogens (tertiary/aromatic N) is 2. The van der Waals surface area contributed by atoms with Gasteiger partial charge in [0, 0.05) is 13.1 Å². The molecule has 5 nitrogen and oxygen atoms in total. The first-order valence-corrected chi connectivity index (χ1v) is 6.99. The summed E-state index contributed by atoms with van der Waals surface area (Å²) in [4.78, 5) is 18.0. The molecule has 0 saturated heterocycles. The van der Waals surface area contributed by atoms with E-state index >= 15 is 0 Å². The molecule has 0 radical (unpaired) electrons. The molecule has 1 N–H and O–H groups in total. The van der Waals surface area contributed by atoms with Crippen LogP contribution in [0.1, 0.15) is 19.0 Å². The molecule has 0 fully saturated rings. The molecule has 0 amide bonds. The van der Waals surface area contributed by atoms with Gasteiger partial charge in [0.05, 0.1) is 17.0 Å². The van der Waals surface area contributed by atoms with Crippen molar-refractivity contribution in [1.29, 1.82) is 0 Å². The zero-order chi connectivity index (χ0) is 13.7. The maximum atomic E-state index is 10.6. The lowest BCUT2D eigenvalue weighted by atomic mass is 10.3. The predicted molar refractivity (Wildman–Crippen MR) is 73.0 cm³/mol. The highest BCUT2D eigenvalue weighted by Crippen LogP contribution is 2.23. The van der Waals surface area contributed by atoms with Crippen molar-refractivity contribution in [3.8, 4) is 10.8 Å². The van der Waals surface area contributed by atoms with Crippen LogP contribution in [0.2, 0.25) is 0 Å². The minimum atomic E-state index is -0.780. The molecule has 0 aliphatic rings. The van der Waals surface area contributed by atoms with Crippen LogP contribution in [0.4, 0.5) is 0 Å². The van der Waals surface area contributed by atoms with Gasteiger partial charge in [-0.2, -0.15) is 0 Å². The number of carboxylic acid groups (broad SMARTS) is 1. The molecule has 2 heterocycles. The summed E-state index contributed by atoms with van der Waals surface area (Å²) in [5.74, 6) is -0.155. The van der Waals surface area contributed by atoms with E-state index in [1.54, 1.807) is 17.6 Å². The van der Waals surface area contributed by atoms with Crippen molar-refractivity contribution in [2.24, 2.45) is 0 Å². The molecule has 0 aliphatic heterocycles. The van der Waals surface area contributed by atoms with E-state index in [0.29, 0.717) is 19.0 Å². The molecule has 6 heteroatoms. The van der Waals surface area contributed by atoms with Crippen molar-refractivity contribution >= 4 is 17.3 Å². The van der Waals surface area contributed by atoms with Crippen LogP contribution in [0.3, 0.4) is 0 Å². The lowest BCUT2D eigenvalue weighted by Gasteiger charge is -2.17. The van der Waals surface area contributed by atoms with E-state index in [0.717, 1.165) is 17.1 Å². The quantitative estimate of drug-likeness (QED) is 0.844. The minimum Gasteiger partial charge on any atom is -0.481 e. The van der Waals surface area contributed by atoms with Crippen molar-refractivity contribution in [2.45, 2.75) is 19.9 Å². The van der Waals surface area contributed by atoms with E-state index in [1.165, 1.54) is 0 Å². The van der Waals surface area contributed by atoms with E-state index in [1.807, 2.05) is 29.3 Å². The normalized spacial score (nSPS) is 11.1. The molecule has 0 atom stereocenters. The van der Waals surface area contributed by atoms with Crippen LogP contribution in [-0.2, 0) is 11.3 Å². The number of rotatable bonds is 7. The summed E-state index contributed by atoms with van der Waals surface area (Å²) in [5, 5.41) is 10.7. The summed E-state index contributed by atoms with van der Waals surface area (Å²) in [6.45, 7) is 3.92. The number of aliphatic carboxylic acids is 1. The van der Waals surface area contributed by atoms with Gasteiger partial charge in [0.1, 0.15) is 6.26 Å². The second kappa shape index (κ2) is 6.49. The van der Waals surface area contributed by atoms with E-state index < -0.39 is 5.97 Å². The summed E-state index contributed by atoms with van der Waals surface area (Å²) in [6.07, 6.45) is 1.78. The van der Waals surface area contributed by atoms with Crippen molar-refractivity contribution < 1.29 is 14.3 Å². The second-order valence-electron chi connectivity index (χ2n) is 4.13. The molecule has 2 rings (SSSR count). The van der Waals surface area contributed by atoms with Crippen LogP contribution in [0.25, 0.3) is 10.8 Å². The molecule has 2 aromatic heterocycles. The third-order valence-electron chi connectivity index (χ3n) is 2.76. The highest BCUT2D eigenvalue weighted by molar-refractivity contribution is 7.13. The Morgan fingerprint density at radius 1 is 1.58 bits per heavy atom. The van der Waals surface area contributed by atoms with Gasteiger partial charge in [-0.15, -0.1) is 11.3 Å². The highest BCUT2D eigenvalue weighted by atomic mass is 32.1. The second-order valence-corrected chi connectivity index (χ2v) is 5.08. The largest absolute Gasteiger partial charge is 0.481 e. The van der Waals surface area contributed by atoms with Crippen LogP contribution in [0, 0.1) is 0 Å². The Labute approximate surface area is 115 Å². The average molecular weight is 280 g/mol. The van der Waals surface area contributed by atoms with Crippen LogP contribution in [0.5, 0.6) is 0 Å². The molecule has 0 saturated carbocycles. The number of carbonyl (C=O) groups is 1. The summed E-state index contributed by atoms with van der Waals surface area (Å²) in [7, 11) is 0. The smallest absolute Gasteiger partial charge is 0.304 e. The number of aromatic nitrogens is 1. The van der Waals surface area contributed by atoms with Gasteiger partial charge in [-0.25, -0.2) is 4.98 Å². The van der Waals surface area contributed by atoms with Gasteiger partial charge in [0.25, 0.3) is 0 Å². The summed E-state index contributed by atoms with van der Waals surface area (Å²) in [5.41, 5.74) is 0.829. The number of hydrogen-bond donors (Lipinski definition) is 1. The first-order valence-electron chi connectivity index (χ1n) is 6.11. The Balaban J connectivity index is 1.96. The van der Waals surface area contributed by atoms with E-state index in [-0.39, 0.29) is 6.42 Å². The average Bonchev–Trinajstić information content (AvgIpc) is 3.04. The molecule has 2 aromatic rings. The third-order valence-corrected chi connectivity index (χ3v) is 3.62. The fourth-order valence-corrected chi connectivity index (χ4v) is 2.38. The molecule has 0 aromatic carbocycles. The molecular formula is C13H16N2O3S. The predicted octanol–water partition coefficient (Wildman–Crippen LogP) is 2.70. The molecule has 102 valence electrons. The minimum absolute atomic E-state index is 0.142. The third kappa shape index (κ3) is 3.90. The maximum absolute atomic E-state index is 10.6. The van der Waals surface area contributed by atoms with Gasteiger partial charge in [-0.05, 0) is 18.0 Å². The summed E-state index contributed by atoms with van der Waals surface area (Å²) < 4.78 is 5.44. The summed E-state index contributed by atoms with van der Waals surface area (Å²) in [6, 6.07) is 3.91. The Kier molecular flexibility index (Phi) is 4.70. The number of carboxylic acids is 1. The number of thiophene rings is 1. The van der Waals surface area contributed by atoms with Crippen LogP contribution >= 0.6 is 11.3 Å². The molecule has 0 spiro atoms. The fourth-order valence-electron chi connectivity index (χ4n) is 1.72. The Morgan fingerprint density at radius 2 is 2.42 bits per heavy atom. The molecule has 0 aliphatic carbocycles. The number of oxazole rings is 1. The first kappa shape index (κ1) is 13.8. The van der Waals surface area contributed by atoms with Gasteiger partial charge >= 0.3 is 5.97 Å². The first-order chi connectivity index (χ1) is 9.19. The summed E-state index contributed by atoms with van der Waals surface area (Å²) >= 11 is 1.58. The van der Waals surface area contributed by atoms with Crippen molar-refractivity contribution in [2.75, 3.05) is 13.1 Å². The zero-order valence-corrected chi connectivity index (χ0v) is 11.5. The number of hydrogen-bond acceptors (Lipinski definition) is 5. The van der Waals surface area contributed by atoms with Gasteiger partial charge in [-0.1, -0.05) is 13.0 Å². The van der Waals surface area contributed by atoms with Crippen LogP contribution < -0.4 is 0 Å². The molecule has 19 heavy (non-hydrogen) atoms. The molecule has 0 bridgehead atoms. The zero-order valence-electron chi connectivity index (χ0n) is 10.7. The Bertz CT molecular complexity index is 522. The SMILES string of the molecule is CCN(CCC(=O)O)Cc1coc(-c2cccs2)n1. The molecule has 0 unspecified atom stereocenters. The van der Waals surface area contributed by atoms with Crippen molar-refractivity contribution in [3.05, 3.63) is 29.5 Å².